The third kappa shape index (κ3) is 2.92. The first-order valence-corrected chi connectivity index (χ1v) is 6.00. The molecule has 0 bridgehead atoms. The van der Waals surface area contributed by atoms with Gasteiger partial charge in [-0.15, -0.1) is 0 Å². The number of carbonyl (C=O) groups excluding carboxylic acids is 1. The summed E-state index contributed by atoms with van der Waals surface area (Å²) in [7, 11) is 0. The lowest BCUT2D eigenvalue weighted by atomic mass is 10.2. The predicted octanol–water partition coefficient (Wildman–Crippen LogP) is 0.713. The lowest BCUT2D eigenvalue weighted by Gasteiger charge is -2.26. The lowest BCUT2D eigenvalue weighted by Crippen LogP contribution is -2.47. The van der Waals surface area contributed by atoms with Crippen LogP contribution in [0.3, 0.4) is 0 Å². The molecule has 2 unspecified atom stereocenters. The van der Waals surface area contributed by atoms with E-state index in [1.165, 1.54) is 0 Å². The minimum atomic E-state index is -0.638. The van der Waals surface area contributed by atoms with Gasteiger partial charge in [-0.3, -0.25) is 4.79 Å². The summed E-state index contributed by atoms with van der Waals surface area (Å²) in [6.45, 7) is 2.09. The number of nitrogens with one attached hydrogen (secondary N) is 1. The molecule has 5 nitrogen and oxygen atoms in total. The predicted molar refractivity (Wildman–Crippen MR) is 65.7 cm³/mol. The quantitative estimate of drug-likeness (QED) is 0.827. The molecule has 0 radical (unpaired) electrons. The average Bonchev–Trinajstić information content (AvgIpc) is 2.38. The number of ether oxygens (including phenoxy) is 2. The molecule has 0 spiro atoms. The standard InChI is InChI=1S/C13H17NO4/c1-9(6-7-15)14-13(16)12-8-17-10-4-2-3-5-11(10)18-12/h2-5,9,12,15H,6-8H2,1H3,(H,14,16). The molecule has 2 N–H and O–H groups in total. The molecule has 0 aliphatic carbocycles. The van der Waals surface area contributed by atoms with Gasteiger partial charge in [-0.25, -0.2) is 0 Å². The number of aliphatic hydroxyl groups is 1. The summed E-state index contributed by atoms with van der Waals surface area (Å²) in [4.78, 5) is 11.9. The van der Waals surface area contributed by atoms with Gasteiger partial charge in [0, 0.05) is 12.6 Å². The van der Waals surface area contributed by atoms with Crippen molar-refractivity contribution in [3.05, 3.63) is 24.3 Å². The fraction of sp³-hybridized carbons (Fsp3) is 0.462. The van der Waals surface area contributed by atoms with Gasteiger partial charge in [0.15, 0.2) is 11.5 Å². The van der Waals surface area contributed by atoms with E-state index < -0.39 is 6.10 Å². The van der Waals surface area contributed by atoms with E-state index in [1.54, 1.807) is 12.1 Å². The molecule has 1 aliphatic rings. The number of carbonyl (C=O) groups is 1. The number of amides is 1. The molecular formula is C13H17NO4. The molecule has 1 heterocycles. The van der Waals surface area contributed by atoms with Crippen LogP contribution in [0.4, 0.5) is 0 Å². The monoisotopic (exact) mass is 251 g/mol. The Morgan fingerprint density at radius 3 is 2.94 bits per heavy atom. The van der Waals surface area contributed by atoms with Gasteiger partial charge in [0.05, 0.1) is 0 Å². The first-order chi connectivity index (χ1) is 8.70. The van der Waals surface area contributed by atoms with E-state index in [2.05, 4.69) is 5.32 Å². The molecule has 2 atom stereocenters. The molecule has 1 aliphatic heterocycles. The first-order valence-electron chi connectivity index (χ1n) is 6.00. The van der Waals surface area contributed by atoms with Crippen molar-refractivity contribution in [2.45, 2.75) is 25.5 Å². The second-order valence-corrected chi connectivity index (χ2v) is 4.29. The van der Waals surface area contributed by atoms with Gasteiger partial charge < -0.3 is 19.9 Å². The van der Waals surface area contributed by atoms with Crippen molar-refractivity contribution in [3.63, 3.8) is 0 Å². The molecule has 0 fully saturated rings. The molecule has 98 valence electrons. The average molecular weight is 251 g/mol. The van der Waals surface area contributed by atoms with Crippen molar-refractivity contribution in [1.82, 2.24) is 5.32 Å². The minimum absolute atomic E-state index is 0.0479. The van der Waals surface area contributed by atoms with E-state index in [0.717, 1.165) is 0 Å². The zero-order chi connectivity index (χ0) is 13.0. The van der Waals surface area contributed by atoms with Crippen LogP contribution in [-0.2, 0) is 4.79 Å². The van der Waals surface area contributed by atoms with Crippen LogP contribution >= 0.6 is 0 Å². The number of hydrogen-bond acceptors (Lipinski definition) is 4. The fourth-order valence-electron chi connectivity index (χ4n) is 1.75. The van der Waals surface area contributed by atoms with Crippen LogP contribution in [-0.4, -0.2) is 36.4 Å². The molecule has 1 aromatic carbocycles. The van der Waals surface area contributed by atoms with Crippen molar-refractivity contribution in [2.24, 2.45) is 0 Å². The largest absolute Gasteiger partial charge is 0.485 e. The maximum Gasteiger partial charge on any atom is 0.264 e. The molecule has 2 rings (SSSR count). The van der Waals surface area contributed by atoms with Gasteiger partial charge >= 0.3 is 0 Å². The van der Waals surface area contributed by atoms with Crippen LogP contribution < -0.4 is 14.8 Å². The summed E-state index contributed by atoms with van der Waals surface area (Å²) >= 11 is 0. The molecule has 5 heteroatoms. The van der Waals surface area contributed by atoms with Gasteiger partial charge in [0.1, 0.15) is 6.61 Å². The molecule has 1 aromatic rings. The third-order valence-corrected chi connectivity index (χ3v) is 2.75. The number of para-hydroxylation sites is 2. The zero-order valence-corrected chi connectivity index (χ0v) is 10.3. The number of fused-ring (bicyclic) bond motifs is 1. The normalized spacial score (nSPS) is 19.1. The van der Waals surface area contributed by atoms with E-state index in [0.29, 0.717) is 17.9 Å². The van der Waals surface area contributed by atoms with E-state index in [-0.39, 0.29) is 25.2 Å². The smallest absolute Gasteiger partial charge is 0.264 e. The molecule has 18 heavy (non-hydrogen) atoms. The van der Waals surface area contributed by atoms with Crippen molar-refractivity contribution < 1.29 is 19.4 Å². The van der Waals surface area contributed by atoms with Crippen LogP contribution in [0.1, 0.15) is 13.3 Å². The highest BCUT2D eigenvalue weighted by molar-refractivity contribution is 5.82. The van der Waals surface area contributed by atoms with Gasteiger partial charge in [-0.05, 0) is 25.5 Å². The van der Waals surface area contributed by atoms with Crippen molar-refractivity contribution >= 4 is 5.91 Å². The molecule has 0 aromatic heterocycles. The Labute approximate surface area is 106 Å². The highest BCUT2D eigenvalue weighted by Crippen LogP contribution is 2.30. The van der Waals surface area contributed by atoms with Crippen molar-refractivity contribution in [1.29, 1.82) is 0 Å². The van der Waals surface area contributed by atoms with E-state index in [4.69, 9.17) is 14.6 Å². The fourth-order valence-corrected chi connectivity index (χ4v) is 1.75. The van der Waals surface area contributed by atoms with Gasteiger partial charge in [-0.2, -0.15) is 0 Å². The van der Waals surface area contributed by atoms with Crippen LogP contribution in [0.5, 0.6) is 11.5 Å². The van der Waals surface area contributed by atoms with E-state index in [9.17, 15) is 4.79 Å². The Morgan fingerprint density at radius 2 is 2.22 bits per heavy atom. The van der Waals surface area contributed by atoms with Crippen LogP contribution in [0.15, 0.2) is 24.3 Å². The van der Waals surface area contributed by atoms with Crippen LogP contribution in [0.2, 0.25) is 0 Å². The SMILES string of the molecule is CC(CCO)NC(=O)C1COc2ccccc2O1. The Kier molecular flexibility index (Phi) is 4.04. The van der Waals surface area contributed by atoms with Crippen molar-refractivity contribution in [2.75, 3.05) is 13.2 Å². The lowest BCUT2D eigenvalue weighted by molar-refractivity contribution is -0.131. The topological polar surface area (TPSA) is 67.8 Å². The second-order valence-electron chi connectivity index (χ2n) is 4.29. The molecular weight excluding hydrogens is 234 g/mol. The maximum absolute atomic E-state index is 11.9. The number of rotatable bonds is 4. The zero-order valence-electron chi connectivity index (χ0n) is 10.3. The first kappa shape index (κ1) is 12.7. The summed E-state index contributed by atoms with van der Waals surface area (Å²) in [5.74, 6) is 1.02. The maximum atomic E-state index is 11.9. The molecule has 0 saturated carbocycles. The van der Waals surface area contributed by atoms with Crippen molar-refractivity contribution in [3.8, 4) is 11.5 Å². The summed E-state index contributed by atoms with van der Waals surface area (Å²) in [5, 5.41) is 11.6. The second kappa shape index (κ2) is 5.73. The highest BCUT2D eigenvalue weighted by Gasteiger charge is 2.27. The minimum Gasteiger partial charge on any atom is -0.485 e. The molecule has 1 amide bonds. The molecule has 0 saturated heterocycles. The Morgan fingerprint density at radius 1 is 1.50 bits per heavy atom. The van der Waals surface area contributed by atoms with Gasteiger partial charge in [-0.1, -0.05) is 12.1 Å². The summed E-state index contributed by atoms with van der Waals surface area (Å²) in [6.07, 6.45) is -0.114. The van der Waals surface area contributed by atoms with Gasteiger partial charge in [0.2, 0.25) is 6.10 Å². The Balaban J connectivity index is 1.94. The highest BCUT2D eigenvalue weighted by atomic mass is 16.6. The van der Waals surface area contributed by atoms with E-state index >= 15 is 0 Å². The van der Waals surface area contributed by atoms with Crippen LogP contribution in [0, 0.1) is 0 Å². The Hall–Kier alpha value is -1.75. The number of aliphatic hydroxyl groups excluding tert-OH is 1. The van der Waals surface area contributed by atoms with Gasteiger partial charge in [0.25, 0.3) is 5.91 Å². The number of hydrogen-bond donors (Lipinski definition) is 2. The number of benzene rings is 1. The van der Waals surface area contributed by atoms with E-state index in [1.807, 2.05) is 19.1 Å². The summed E-state index contributed by atoms with van der Waals surface area (Å²) < 4.78 is 11.0. The summed E-state index contributed by atoms with van der Waals surface area (Å²) in [5.41, 5.74) is 0. The Bertz CT molecular complexity index is 421. The summed E-state index contributed by atoms with van der Waals surface area (Å²) in [6, 6.07) is 7.18. The third-order valence-electron chi connectivity index (χ3n) is 2.75. The van der Waals surface area contributed by atoms with Crippen LogP contribution in [0.25, 0.3) is 0 Å².